The van der Waals surface area contributed by atoms with E-state index in [9.17, 15) is 0 Å². The fourth-order valence-electron chi connectivity index (χ4n) is 1.02. The summed E-state index contributed by atoms with van der Waals surface area (Å²) in [7, 11) is -1.41. The molecule has 1 aromatic rings. The standard InChI is InChI=1S/C12H20NSi/c1-12(2,3)14(4,5)13-11-9-7-6-8-10-11/h7-10,13H,1-5H3. The maximum absolute atomic E-state index is 3.68. The van der Waals surface area contributed by atoms with E-state index in [2.05, 4.69) is 57.0 Å². The molecule has 0 heterocycles. The molecule has 1 aromatic carbocycles. The van der Waals surface area contributed by atoms with Crippen molar-refractivity contribution in [2.24, 2.45) is 0 Å². The highest BCUT2D eigenvalue weighted by Crippen LogP contribution is 2.36. The first-order valence-electron chi connectivity index (χ1n) is 5.07. The van der Waals surface area contributed by atoms with Crippen molar-refractivity contribution >= 4 is 13.9 Å². The molecular weight excluding hydrogens is 186 g/mol. The summed E-state index contributed by atoms with van der Waals surface area (Å²) in [6.07, 6.45) is 0. The normalized spacial score (nSPS) is 12.6. The third-order valence-corrected chi connectivity index (χ3v) is 7.71. The number of nitrogens with one attached hydrogen (secondary N) is 1. The highest BCUT2D eigenvalue weighted by Gasteiger charge is 2.35. The molecule has 0 saturated heterocycles. The lowest BCUT2D eigenvalue weighted by Crippen LogP contribution is -2.45. The van der Waals surface area contributed by atoms with Crippen LogP contribution < -0.4 is 4.98 Å². The van der Waals surface area contributed by atoms with Gasteiger partial charge in [0.1, 0.15) is 0 Å². The smallest absolute Gasteiger partial charge is 0.152 e. The molecule has 14 heavy (non-hydrogen) atoms. The molecular formula is C12H20NSi. The minimum absolute atomic E-state index is 0.368. The topological polar surface area (TPSA) is 12.0 Å². The lowest BCUT2D eigenvalue weighted by atomic mass is 10.2. The minimum atomic E-state index is -1.41. The molecule has 0 bridgehead atoms. The summed E-state index contributed by atoms with van der Waals surface area (Å²) in [5.74, 6) is 0. The van der Waals surface area contributed by atoms with E-state index < -0.39 is 8.24 Å². The highest BCUT2D eigenvalue weighted by molar-refractivity contribution is 6.83. The zero-order valence-corrected chi connectivity index (χ0v) is 10.8. The summed E-state index contributed by atoms with van der Waals surface area (Å²) < 4.78 is 0. The SMILES string of the molecule is CC(C)(C)[Si](C)(C)Nc1cc[c]cc1. The first-order chi connectivity index (χ1) is 6.33. The van der Waals surface area contributed by atoms with Crippen molar-refractivity contribution in [3.63, 3.8) is 0 Å². The second-order valence-corrected chi connectivity index (χ2v) is 10.3. The number of hydrogen-bond donors (Lipinski definition) is 1. The molecule has 0 aliphatic heterocycles. The Labute approximate surface area is 88.6 Å². The molecule has 0 aliphatic rings. The van der Waals surface area contributed by atoms with Crippen molar-refractivity contribution in [1.82, 2.24) is 0 Å². The summed E-state index contributed by atoms with van der Waals surface area (Å²) >= 11 is 0. The van der Waals surface area contributed by atoms with Crippen LogP contribution in [0.2, 0.25) is 18.1 Å². The van der Waals surface area contributed by atoms with Gasteiger partial charge in [-0.05, 0) is 23.2 Å². The van der Waals surface area contributed by atoms with Gasteiger partial charge < -0.3 is 4.98 Å². The van der Waals surface area contributed by atoms with Crippen LogP contribution in [0.25, 0.3) is 0 Å². The predicted molar refractivity (Wildman–Crippen MR) is 66.1 cm³/mol. The molecule has 0 unspecified atom stereocenters. The summed E-state index contributed by atoms with van der Waals surface area (Å²) in [5, 5.41) is 0.368. The zero-order valence-electron chi connectivity index (χ0n) is 9.81. The molecule has 0 spiro atoms. The van der Waals surface area contributed by atoms with E-state index in [1.807, 2.05) is 12.1 Å². The molecule has 0 aromatic heterocycles. The van der Waals surface area contributed by atoms with Gasteiger partial charge in [0.05, 0.1) is 0 Å². The fourth-order valence-corrected chi connectivity index (χ4v) is 2.28. The van der Waals surface area contributed by atoms with Gasteiger partial charge in [-0.2, -0.15) is 0 Å². The monoisotopic (exact) mass is 206 g/mol. The Bertz CT molecular complexity index is 285. The Balaban J connectivity index is 2.79. The molecule has 0 atom stereocenters. The van der Waals surface area contributed by atoms with Crippen molar-refractivity contribution < 1.29 is 0 Å². The summed E-state index contributed by atoms with van der Waals surface area (Å²) in [6, 6.07) is 11.1. The maximum atomic E-state index is 3.68. The van der Waals surface area contributed by atoms with Crippen molar-refractivity contribution in [2.45, 2.75) is 38.9 Å². The summed E-state index contributed by atoms with van der Waals surface area (Å²) in [5.41, 5.74) is 1.22. The third-order valence-electron chi connectivity index (χ3n) is 3.05. The van der Waals surface area contributed by atoms with E-state index in [0.717, 1.165) is 0 Å². The average molecular weight is 206 g/mol. The van der Waals surface area contributed by atoms with Gasteiger partial charge in [0.25, 0.3) is 0 Å². The molecule has 1 nitrogen and oxygen atoms in total. The fraction of sp³-hybridized carbons (Fsp3) is 0.500. The van der Waals surface area contributed by atoms with Gasteiger partial charge >= 0.3 is 0 Å². The average Bonchev–Trinajstić information content (AvgIpc) is 2.03. The molecule has 0 aliphatic carbocycles. The number of hydrogen-bond acceptors (Lipinski definition) is 1. The maximum Gasteiger partial charge on any atom is 0.152 e. The van der Waals surface area contributed by atoms with Crippen LogP contribution in [0.4, 0.5) is 5.69 Å². The third kappa shape index (κ3) is 2.61. The second-order valence-electron chi connectivity index (χ2n) is 5.29. The summed E-state index contributed by atoms with van der Waals surface area (Å²) in [6.45, 7) is 11.7. The lowest BCUT2D eigenvalue weighted by Gasteiger charge is -2.38. The molecule has 1 rings (SSSR count). The first kappa shape index (κ1) is 11.3. The molecule has 0 fully saturated rings. The van der Waals surface area contributed by atoms with Crippen molar-refractivity contribution in [1.29, 1.82) is 0 Å². The van der Waals surface area contributed by atoms with Crippen LogP contribution in [0, 0.1) is 6.07 Å². The first-order valence-corrected chi connectivity index (χ1v) is 8.07. The van der Waals surface area contributed by atoms with Crippen LogP contribution in [0.15, 0.2) is 24.3 Å². The number of benzene rings is 1. The highest BCUT2D eigenvalue weighted by atomic mass is 28.3. The largest absolute Gasteiger partial charge is 0.410 e. The molecule has 1 N–H and O–H groups in total. The van der Waals surface area contributed by atoms with Crippen molar-refractivity contribution in [3.05, 3.63) is 30.3 Å². The van der Waals surface area contributed by atoms with E-state index in [0.29, 0.717) is 5.04 Å². The Kier molecular flexibility index (Phi) is 3.05. The molecule has 0 saturated carbocycles. The van der Waals surface area contributed by atoms with Gasteiger partial charge in [-0.1, -0.05) is 46.0 Å². The van der Waals surface area contributed by atoms with Crippen LogP contribution >= 0.6 is 0 Å². The van der Waals surface area contributed by atoms with Gasteiger partial charge in [-0.3, -0.25) is 0 Å². The molecule has 77 valence electrons. The van der Waals surface area contributed by atoms with Gasteiger partial charge in [0.2, 0.25) is 0 Å². The van der Waals surface area contributed by atoms with E-state index in [1.165, 1.54) is 5.69 Å². The van der Waals surface area contributed by atoms with Gasteiger partial charge in [-0.15, -0.1) is 0 Å². The molecule has 0 amide bonds. The van der Waals surface area contributed by atoms with E-state index >= 15 is 0 Å². The zero-order chi connectivity index (χ0) is 10.8. The van der Waals surface area contributed by atoms with Crippen LogP contribution in [-0.2, 0) is 0 Å². The van der Waals surface area contributed by atoms with Crippen LogP contribution in [0.5, 0.6) is 0 Å². The lowest BCUT2D eigenvalue weighted by molar-refractivity contribution is 0.723. The Morgan fingerprint density at radius 2 is 1.64 bits per heavy atom. The number of rotatable bonds is 2. The second kappa shape index (κ2) is 3.77. The van der Waals surface area contributed by atoms with E-state index in [1.54, 1.807) is 0 Å². The van der Waals surface area contributed by atoms with Gasteiger partial charge in [0, 0.05) is 5.69 Å². The van der Waals surface area contributed by atoms with Crippen LogP contribution in [0.3, 0.4) is 0 Å². The Morgan fingerprint density at radius 3 is 2.07 bits per heavy atom. The minimum Gasteiger partial charge on any atom is -0.410 e. The van der Waals surface area contributed by atoms with Crippen LogP contribution in [-0.4, -0.2) is 8.24 Å². The summed E-state index contributed by atoms with van der Waals surface area (Å²) in [4.78, 5) is 3.68. The van der Waals surface area contributed by atoms with E-state index in [4.69, 9.17) is 0 Å². The van der Waals surface area contributed by atoms with Crippen LogP contribution in [0.1, 0.15) is 20.8 Å². The van der Waals surface area contributed by atoms with Gasteiger partial charge in [0.15, 0.2) is 8.24 Å². The van der Waals surface area contributed by atoms with Gasteiger partial charge in [-0.25, -0.2) is 0 Å². The van der Waals surface area contributed by atoms with E-state index in [-0.39, 0.29) is 0 Å². The van der Waals surface area contributed by atoms with Crippen molar-refractivity contribution in [2.75, 3.05) is 4.98 Å². The molecule has 1 radical (unpaired) electrons. The quantitative estimate of drug-likeness (QED) is 0.724. The Morgan fingerprint density at radius 1 is 1.14 bits per heavy atom. The predicted octanol–water partition coefficient (Wildman–Crippen LogP) is 3.90. The van der Waals surface area contributed by atoms with Crippen molar-refractivity contribution in [3.8, 4) is 0 Å². The molecule has 2 heteroatoms. The number of anilines is 1. The Hall–Kier alpha value is -0.763.